The second-order valence-corrected chi connectivity index (χ2v) is 7.35. The van der Waals surface area contributed by atoms with Crippen LogP contribution >= 0.6 is 11.8 Å². The van der Waals surface area contributed by atoms with Crippen LogP contribution in [0.2, 0.25) is 0 Å². The fourth-order valence-electron chi connectivity index (χ4n) is 2.47. The summed E-state index contributed by atoms with van der Waals surface area (Å²) in [6, 6.07) is 9.08. The van der Waals surface area contributed by atoms with E-state index in [4.69, 9.17) is 9.26 Å². The van der Waals surface area contributed by atoms with Crippen LogP contribution in [0.4, 0.5) is 0 Å². The molecule has 0 bridgehead atoms. The summed E-state index contributed by atoms with van der Waals surface area (Å²) >= 11 is 1.44. The highest BCUT2D eigenvalue weighted by Crippen LogP contribution is 2.24. The SMILES string of the molecule is Cc1cc(CSc2ncccc2C(=O)NCc2cccnc2OC(C)C)no1. The Balaban J connectivity index is 1.66. The maximum absolute atomic E-state index is 12.7. The molecule has 0 radical (unpaired) electrons. The van der Waals surface area contributed by atoms with Gasteiger partial charge in [0.15, 0.2) is 0 Å². The van der Waals surface area contributed by atoms with Crippen molar-refractivity contribution >= 4 is 17.7 Å². The molecule has 0 fully saturated rings. The van der Waals surface area contributed by atoms with Crippen LogP contribution in [0.25, 0.3) is 0 Å². The van der Waals surface area contributed by atoms with Gasteiger partial charge >= 0.3 is 0 Å². The van der Waals surface area contributed by atoms with E-state index in [-0.39, 0.29) is 12.0 Å². The first kappa shape index (κ1) is 19.9. The van der Waals surface area contributed by atoms with E-state index in [1.54, 1.807) is 24.5 Å². The number of ether oxygens (including phenoxy) is 1. The fraction of sp³-hybridized carbons (Fsp3) is 0.300. The molecule has 7 nitrogen and oxygen atoms in total. The molecule has 0 spiro atoms. The number of aromatic nitrogens is 3. The van der Waals surface area contributed by atoms with Crippen molar-refractivity contribution in [3.05, 3.63) is 65.3 Å². The summed E-state index contributed by atoms with van der Waals surface area (Å²) in [6.45, 7) is 6.03. The first-order valence-corrected chi connectivity index (χ1v) is 9.90. The third-order valence-corrected chi connectivity index (χ3v) is 4.72. The Morgan fingerprint density at radius 1 is 1.25 bits per heavy atom. The minimum Gasteiger partial charge on any atom is -0.475 e. The Labute approximate surface area is 167 Å². The maximum Gasteiger partial charge on any atom is 0.254 e. The van der Waals surface area contributed by atoms with Gasteiger partial charge in [0.2, 0.25) is 5.88 Å². The van der Waals surface area contributed by atoms with Crippen molar-refractivity contribution < 1.29 is 14.1 Å². The molecule has 1 N–H and O–H groups in total. The van der Waals surface area contributed by atoms with Crippen molar-refractivity contribution in [1.82, 2.24) is 20.4 Å². The second kappa shape index (κ2) is 9.36. The number of nitrogens with zero attached hydrogens (tertiary/aromatic N) is 3. The third kappa shape index (κ3) is 5.32. The van der Waals surface area contributed by atoms with E-state index in [1.165, 1.54) is 11.8 Å². The first-order chi connectivity index (χ1) is 13.5. The monoisotopic (exact) mass is 398 g/mol. The molecular weight excluding hydrogens is 376 g/mol. The molecule has 3 aromatic heterocycles. The molecule has 0 saturated carbocycles. The van der Waals surface area contributed by atoms with E-state index < -0.39 is 0 Å². The van der Waals surface area contributed by atoms with Crippen LogP contribution in [0.1, 0.15) is 41.2 Å². The van der Waals surface area contributed by atoms with Crippen molar-refractivity contribution in [2.75, 3.05) is 0 Å². The molecule has 0 aromatic carbocycles. The molecule has 8 heteroatoms. The van der Waals surface area contributed by atoms with Gasteiger partial charge in [-0.15, -0.1) is 0 Å². The van der Waals surface area contributed by atoms with E-state index in [0.29, 0.717) is 28.8 Å². The molecular formula is C20H22N4O3S. The van der Waals surface area contributed by atoms with Crippen LogP contribution in [0, 0.1) is 6.92 Å². The summed E-state index contributed by atoms with van der Waals surface area (Å²) in [5.41, 5.74) is 2.15. The number of hydrogen-bond donors (Lipinski definition) is 1. The average Bonchev–Trinajstić information content (AvgIpc) is 3.10. The lowest BCUT2D eigenvalue weighted by Gasteiger charge is -2.13. The van der Waals surface area contributed by atoms with Crippen LogP contribution in [0.5, 0.6) is 5.88 Å². The smallest absolute Gasteiger partial charge is 0.254 e. The molecule has 0 unspecified atom stereocenters. The molecule has 0 atom stereocenters. The van der Waals surface area contributed by atoms with Crippen LogP contribution < -0.4 is 10.1 Å². The van der Waals surface area contributed by atoms with E-state index in [9.17, 15) is 4.79 Å². The fourth-order valence-corrected chi connectivity index (χ4v) is 3.34. The molecule has 0 saturated heterocycles. The number of carbonyl (C=O) groups excluding carboxylic acids is 1. The highest BCUT2D eigenvalue weighted by Gasteiger charge is 2.15. The predicted octanol–water partition coefficient (Wildman–Crippen LogP) is 3.78. The molecule has 0 aliphatic heterocycles. The zero-order valence-electron chi connectivity index (χ0n) is 16.0. The standard InChI is InChI=1S/C20H22N4O3S/c1-13(2)26-19-15(6-4-8-21-19)11-23-18(25)17-7-5-9-22-20(17)28-12-16-10-14(3)27-24-16/h4-10,13H,11-12H2,1-3H3,(H,23,25). The molecule has 3 rings (SSSR count). The largest absolute Gasteiger partial charge is 0.475 e. The summed E-state index contributed by atoms with van der Waals surface area (Å²) in [5, 5.41) is 7.54. The van der Waals surface area contributed by atoms with Crippen LogP contribution in [0.3, 0.4) is 0 Å². The van der Waals surface area contributed by atoms with Gasteiger partial charge in [-0.1, -0.05) is 23.0 Å². The molecule has 146 valence electrons. The van der Waals surface area contributed by atoms with Crippen molar-refractivity contribution in [1.29, 1.82) is 0 Å². The van der Waals surface area contributed by atoms with Gasteiger partial charge in [0, 0.05) is 36.3 Å². The lowest BCUT2D eigenvalue weighted by Crippen LogP contribution is -2.24. The molecule has 1 amide bonds. The zero-order chi connectivity index (χ0) is 19.9. The van der Waals surface area contributed by atoms with E-state index in [0.717, 1.165) is 17.0 Å². The van der Waals surface area contributed by atoms with Crippen LogP contribution in [-0.4, -0.2) is 27.1 Å². The minimum atomic E-state index is -0.203. The Hall–Kier alpha value is -2.87. The first-order valence-electron chi connectivity index (χ1n) is 8.91. The Morgan fingerprint density at radius 3 is 2.79 bits per heavy atom. The summed E-state index contributed by atoms with van der Waals surface area (Å²) < 4.78 is 10.8. The van der Waals surface area contributed by atoms with Crippen molar-refractivity contribution in [2.45, 2.75) is 44.2 Å². The van der Waals surface area contributed by atoms with Gasteiger partial charge in [0.1, 0.15) is 10.8 Å². The topological polar surface area (TPSA) is 90.1 Å². The van der Waals surface area contributed by atoms with Gasteiger partial charge in [-0.3, -0.25) is 4.79 Å². The summed E-state index contributed by atoms with van der Waals surface area (Å²) in [6.07, 6.45) is 3.35. The normalized spacial score (nSPS) is 10.9. The number of amides is 1. The number of aryl methyl sites for hydroxylation is 1. The molecule has 0 aliphatic carbocycles. The second-order valence-electron chi connectivity index (χ2n) is 6.39. The average molecular weight is 398 g/mol. The molecule has 0 aliphatic rings. The maximum atomic E-state index is 12.7. The van der Waals surface area contributed by atoms with Gasteiger partial charge in [-0.25, -0.2) is 9.97 Å². The van der Waals surface area contributed by atoms with Gasteiger partial charge in [0.25, 0.3) is 5.91 Å². The highest BCUT2D eigenvalue weighted by molar-refractivity contribution is 7.98. The number of carbonyl (C=O) groups is 1. The van der Waals surface area contributed by atoms with E-state index >= 15 is 0 Å². The van der Waals surface area contributed by atoms with Crippen molar-refractivity contribution in [3.63, 3.8) is 0 Å². The Morgan fingerprint density at radius 2 is 2.04 bits per heavy atom. The lowest BCUT2D eigenvalue weighted by atomic mass is 10.2. The van der Waals surface area contributed by atoms with E-state index in [2.05, 4.69) is 20.4 Å². The van der Waals surface area contributed by atoms with Gasteiger partial charge in [-0.05, 0) is 39.0 Å². The van der Waals surface area contributed by atoms with Crippen molar-refractivity contribution in [2.24, 2.45) is 0 Å². The van der Waals surface area contributed by atoms with Crippen LogP contribution in [0.15, 0.2) is 52.3 Å². The zero-order valence-corrected chi connectivity index (χ0v) is 16.8. The quantitative estimate of drug-likeness (QED) is 0.577. The Kier molecular flexibility index (Phi) is 6.65. The number of hydrogen-bond acceptors (Lipinski definition) is 7. The van der Waals surface area contributed by atoms with E-state index in [1.807, 2.05) is 39.0 Å². The predicted molar refractivity (Wildman–Crippen MR) is 106 cm³/mol. The van der Waals surface area contributed by atoms with Crippen LogP contribution in [-0.2, 0) is 12.3 Å². The summed E-state index contributed by atoms with van der Waals surface area (Å²) in [5.74, 6) is 1.65. The molecule has 3 heterocycles. The highest BCUT2D eigenvalue weighted by atomic mass is 32.2. The number of rotatable bonds is 8. The summed E-state index contributed by atoms with van der Waals surface area (Å²) in [4.78, 5) is 21.3. The summed E-state index contributed by atoms with van der Waals surface area (Å²) in [7, 11) is 0. The molecule has 3 aromatic rings. The Bertz CT molecular complexity index is 942. The van der Waals surface area contributed by atoms with Crippen molar-refractivity contribution in [3.8, 4) is 5.88 Å². The minimum absolute atomic E-state index is 0.00541. The van der Waals surface area contributed by atoms with Gasteiger partial charge in [0.05, 0.1) is 17.4 Å². The van der Waals surface area contributed by atoms with Gasteiger partial charge in [-0.2, -0.15) is 0 Å². The number of pyridine rings is 2. The lowest BCUT2D eigenvalue weighted by molar-refractivity contribution is 0.0946. The molecule has 28 heavy (non-hydrogen) atoms. The third-order valence-electron chi connectivity index (χ3n) is 3.69. The number of nitrogens with one attached hydrogen (secondary N) is 1. The number of thioether (sulfide) groups is 1. The van der Waals surface area contributed by atoms with Gasteiger partial charge < -0.3 is 14.6 Å².